The number of carbonyl (C=O) groups is 1. The van der Waals surface area contributed by atoms with Crippen LogP contribution >= 0.6 is 0 Å². The Morgan fingerprint density at radius 1 is 1.13 bits per heavy atom. The van der Waals surface area contributed by atoms with Crippen molar-refractivity contribution in [1.82, 2.24) is 13.5 Å². The number of para-hydroxylation sites is 2. The first-order chi connectivity index (χ1) is 14.7. The van der Waals surface area contributed by atoms with E-state index in [1.807, 2.05) is 13.8 Å². The van der Waals surface area contributed by atoms with Crippen LogP contribution in [-0.4, -0.2) is 90.8 Å². The number of nitro groups is 1. The van der Waals surface area contributed by atoms with Crippen LogP contribution in [0.25, 0.3) is 0 Å². The number of nitrogens with zero attached hydrogens (tertiary/aromatic N) is 4. The molecule has 0 bridgehead atoms. The zero-order chi connectivity index (χ0) is 22.6. The van der Waals surface area contributed by atoms with E-state index in [4.69, 9.17) is 4.74 Å². The molecule has 2 aliphatic heterocycles. The molecule has 2 heterocycles. The molecule has 0 radical (unpaired) electrons. The van der Waals surface area contributed by atoms with Gasteiger partial charge in [0.1, 0.15) is 5.69 Å². The maximum absolute atomic E-state index is 13.0. The molecular weight excluding hydrogens is 426 g/mol. The van der Waals surface area contributed by atoms with Gasteiger partial charge in [0.15, 0.2) is 0 Å². The predicted octanol–water partition coefficient (Wildman–Crippen LogP) is 0.895. The summed E-state index contributed by atoms with van der Waals surface area (Å²) in [6.07, 6.45) is -0.152. The van der Waals surface area contributed by atoms with Crippen molar-refractivity contribution in [3.63, 3.8) is 0 Å². The van der Waals surface area contributed by atoms with Crippen molar-refractivity contribution in [1.29, 1.82) is 0 Å². The molecule has 2 aliphatic rings. The van der Waals surface area contributed by atoms with Gasteiger partial charge in [0.05, 0.1) is 17.1 Å². The van der Waals surface area contributed by atoms with E-state index in [1.54, 1.807) is 23.1 Å². The minimum atomic E-state index is -3.59. The van der Waals surface area contributed by atoms with E-state index < -0.39 is 15.1 Å². The van der Waals surface area contributed by atoms with Crippen LogP contribution in [0.5, 0.6) is 0 Å². The zero-order valence-electron chi connectivity index (χ0n) is 17.8. The van der Waals surface area contributed by atoms with Gasteiger partial charge in [0, 0.05) is 58.3 Å². The van der Waals surface area contributed by atoms with Gasteiger partial charge in [0.25, 0.3) is 15.9 Å². The molecule has 1 aromatic rings. The topological polar surface area (TPSA) is 125 Å². The molecule has 2 saturated heterocycles. The Kier molecular flexibility index (Phi) is 7.46. The zero-order valence-corrected chi connectivity index (χ0v) is 18.6. The van der Waals surface area contributed by atoms with Crippen LogP contribution in [0, 0.1) is 10.1 Å². The summed E-state index contributed by atoms with van der Waals surface area (Å²) in [6, 6.07) is 6.27. The number of hydrogen-bond acceptors (Lipinski definition) is 7. The number of nitro benzene ring substituents is 1. The average Bonchev–Trinajstić information content (AvgIpc) is 2.73. The Hall–Kier alpha value is -2.28. The summed E-state index contributed by atoms with van der Waals surface area (Å²) < 4.78 is 34.4. The number of carbonyl (C=O) groups excluding carboxylic acids is 1. The summed E-state index contributed by atoms with van der Waals surface area (Å²) in [4.78, 5) is 24.7. The third kappa shape index (κ3) is 5.70. The molecule has 2 atom stereocenters. The van der Waals surface area contributed by atoms with E-state index in [0.717, 1.165) is 0 Å². The SMILES string of the molecule is CC1CN(S(=O)(=O)N2CCN(C(=O)CCNc3ccccc3[N+](=O)[O-])CC2)CC(C)O1. The van der Waals surface area contributed by atoms with Gasteiger partial charge >= 0.3 is 0 Å². The Balaban J connectivity index is 1.48. The highest BCUT2D eigenvalue weighted by Crippen LogP contribution is 2.23. The van der Waals surface area contributed by atoms with Crippen LogP contribution in [-0.2, 0) is 19.7 Å². The molecule has 2 unspecified atom stereocenters. The van der Waals surface area contributed by atoms with Crippen LogP contribution in [0.4, 0.5) is 11.4 Å². The van der Waals surface area contributed by atoms with Crippen molar-refractivity contribution >= 4 is 27.5 Å². The average molecular weight is 456 g/mol. The second-order valence-corrected chi connectivity index (χ2v) is 9.74. The normalized spacial score (nSPS) is 23.5. The standard InChI is InChI=1S/C19H29N5O6S/c1-15-13-23(14-16(2)30-15)31(28,29)22-11-9-21(10-12-22)19(25)7-8-20-17-5-3-4-6-18(17)24(26)27/h3-6,15-16,20H,7-14H2,1-2H3. The smallest absolute Gasteiger partial charge is 0.292 e. The largest absolute Gasteiger partial charge is 0.379 e. The molecule has 11 nitrogen and oxygen atoms in total. The minimum absolute atomic E-state index is 0.0412. The fourth-order valence-corrected chi connectivity index (χ4v) is 5.64. The summed E-state index contributed by atoms with van der Waals surface area (Å²) in [6.45, 7) is 5.73. The van der Waals surface area contributed by atoms with Gasteiger partial charge in [-0.2, -0.15) is 17.0 Å². The van der Waals surface area contributed by atoms with Crippen LogP contribution in [0.2, 0.25) is 0 Å². The molecule has 1 amide bonds. The van der Waals surface area contributed by atoms with Gasteiger partial charge in [0.2, 0.25) is 5.91 Å². The molecule has 172 valence electrons. The van der Waals surface area contributed by atoms with Crippen LogP contribution in [0.15, 0.2) is 24.3 Å². The van der Waals surface area contributed by atoms with E-state index in [9.17, 15) is 23.3 Å². The van der Waals surface area contributed by atoms with Crippen molar-refractivity contribution in [3.05, 3.63) is 34.4 Å². The van der Waals surface area contributed by atoms with Crippen molar-refractivity contribution < 1.29 is 22.9 Å². The maximum Gasteiger partial charge on any atom is 0.292 e. The van der Waals surface area contributed by atoms with E-state index >= 15 is 0 Å². The third-order valence-electron chi connectivity index (χ3n) is 5.39. The van der Waals surface area contributed by atoms with Gasteiger partial charge in [-0.1, -0.05) is 12.1 Å². The van der Waals surface area contributed by atoms with Gasteiger partial charge < -0.3 is 15.0 Å². The van der Waals surface area contributed by atoms with E-state index in [1.165, 1.54) is 14.7 Å². The summed E-state index contributed by atoms with van der Waals surface area (Å²) >= 11 is 0. The number of anilines is 1. The molecule has 0 saturated carbocycles. The van der Waals surface area contributed by atoms with E-state index in [-0.39, 0.29) is 49.9 Å². The second-order valence-electron chi connectivity index (χ2n) is 7.81. The Labute approximate surface area is 182 Å². The lowest BCUT2D eigenvalue weighted by Gasteiger charge is -2.40. The number of amides is 1. The van der Waals surface area contributed by atoms with Crippen LogP contribution in [0.1, 0.15) is 20.3 Å². The first kappa shape index (κ1) is 23.4. The molecule has 12 heteroatoms. The Bertz CT molecular complexity index is 893. The maximum atomic E-state index is 13.0. The van der Waals surface area contributed by atoms with Crippen molar-refractivity contribution in [2.45, 2.75) is 32.5 Å². The lowest BCUT2D eigenvalue weighted by Crippen LogP contribution is -2.57. The number of nitrogens with one attached hydrogen (secondary N) is 1. The number of hydrogen-bond donors (Lipinski definition) is 1. The molecule has 31 heavy (non-hydrogen) atoms. The van der Waals surface area contributed by atoms with Gasteiger partial charge in [-0.15, -0.1) is 0 Å². The number of morpholine rings is 1. The monoisotopic (exact) mass is 455 g/mol. The molecule has 2 fully saturated rings. The van der Waals surface area contributed by atoms with Gasteiger partial charge in [-0.25, -0.2) is 0 Å². The predicted molar refractivity (Wildman–Crippen MR) is 115 cm³/mol. The van der Waals surface area contributed by atoms with Crippen molar-refractivity contribution in [2.75, 3.05) is 51.1 Å². The molecule has 0 spiro atoms. The lowest BCUT2D eigenvalue weighted by atomic mass is 10.2. The molecule has 3 rings (SSSR count). The number of ether oxygens (including phenoxy) is 1. The fraction of sp³-hybridized carbons (Fsp3) is 0.632. The highest BCUT2D eigenvalue weighted by Gasteiger charge is 2.37. The van der Waals surface area contributed by atoms with Crippen molar-refractivity contribution in [2.24, 2.45) is 0 Å². The summed E-state index contributed by atoms with van der Waals surface area (Å²) in [5.74, 6) is -0.114. The number of benzene rings is 1. The summed E-state index contributed by atoms with van der Waals surface area (Å²) in [7, 11) is -3.59. The Morgan fingerprint density at radius 2 is 1.74 bits per heavy atom. The van der Waals surface area contributed by atoms with Gasteiger partial charge in [-0.05, 0) is 19.9 Å². The first-order valence-corrected chi connectivity index (χ1v) is 11.7. The summed E-state index contributed by atoms with van der Waals surface area (Å²) in [5, 5.41) is 14.0. The molecule has 1 aromatic carbocycles. The second kappa shape index (κ2) is 9.90. The fourth-order valence-electron chi connectivity index (χ4n) is 3.90. The number of piperazine rings is 1. The first-order valence-electron chi connectivity index (χ1n) is 10.3. The van der Waals surface area contributed by atoms with Gasteiger partial charge in [-0.3, -0.25) is 14.9 Å². The number of rotatable bonds is 7. The highest BCUT2D eigenvalue weighted by molar-refractivity contribution is 7.86. The quantitative estimate of drug-likeness (QED) is 0.478. The lowest BCUT2D eigenvalue weighted by molar-refractivity contribution is -0.384. The molecule has 0 aromatic heterocycles. The van der Waals surface area contributed by atoms with Crippen LogP contribution in [0.3, 0.4) is 0 Å². The van der Waals surface area contributed by atoms with E-state index in [0.29, 0.717) is 31.9 Å². The Morgan fingerprint density at radius 3 is 2.35 bits per heavy atom. The summed E-state index contributed by atoms with van der Waals surface area (Å²) in [5.41, 5.74) is 0.325. The highest BCUT2D eigenvalue weighted by atomic mass is 32.2. The van der Waals surface area contributed by atoms with E-state index in [2.05, 4.69) is 5.32 Å². The molecular formula is C19H29N5O6S. The van der Waals surface area contributed by atoms with Crippen LogP contribution < -0.4 is 5.32 Å². The molecule has 1 N–H and O–H groups in total. The molecule has 0 aliphatic carbocycles. The third-order valence-corrected chi connectivity index (χ3v) is 7.35. The van der Waals surface area contributed by atoms with Crippen molar-refractivity contribution in [3.8, 4) is 0 Å². The minimum Gasteiger partial charge on any atom is -0.379 e.